The third kappa shape index (κ3) is 2.00. The van der Waals surface area contributed by atoms with Crippen molar-refractivity contribution in [3.63, 3.8) is 0 Å². The minimum absolute atomic E-state index is 0.297. The number of methoxy groups -OCH3 is 1. The van der Waals surface area contributed by atoms with Crippen LogP contribution < -0.4 is 10.1 Å². The van der Waals surface area contributed by atoms with Crippen LogP contribution in [0.25, 0.3) is 0 Å². The van der Waals surface area contributed by atoms with Gasteiger partial charge in [-0.25, -0.2) is 4.98 Å². The molecule has 2 aromatic heterocycles. The normalized spacial score (nSPS) is 9.81. The summed E-state index contributed by atoms with van der Waals surface area (Å²) in [6.45, 7) is 0. The predicted molar refractivity (Wildman–Crippen MR) is 57.3 cm³/mol. The Labute approximate surface area is 91.7 Å². The van der Waals surface area contributed by atoms with E-state index in [1.165, 1.54) is 19.5 Å². The van der Waals surface area contributed by atoms with Crippen LogP contribution >= 0.6 is 0 Å². The van der Waals surface area contributed by atoms with Crippen LogP contribution in [0.4, 0.5) is 5.95 Å². The number of rotatable bonds is 3. The number of amides is 1. The number of imidazole rings is 1. The Morgan fingerprint density at radius 2 is 2.38 bits per heavy atom. The second kappa shape index (κ2) is 4.43. The molecule has 2 aromatic rings. The predicted octanol–water partition coefficient (Wildman–Crippen LogP) is 1.07. The molecule has 2 rings (SSSR count). The molecule has 0 aliphatic heterocycles. The van der Waals surface area contributed by atoms with Crippen molar-refractivity contribution in [1.82, 2.24) is 15.0 Å². The summed E-state index contributed by atoms with van der Waals surface area (Å²) in [6, 6.07) is 1.58. The van der Waals surface area contributed by atoms with E-state index in [0.717, 1.165) is 0 Å². The smallest absolute Gasteiger partial charge is 0.261 e. The molecule has 0 saturated heterocycles. The number of anilines is 1. The lowest BCUT2D eigenvalue weighted by atomic mass is 10.2. The zero-order chi connectivity index (χ0) is 11.4. The van der Waals surface area contributed by atoms with Crippen molar-refractivity contribution in [2.24, 2.45) is 0 Å². The summed E-state index contributed by atoms with van der Waals surface area (Å²) in [4.78, 5) is 22.3. The summed E-state index contributed by atoms with van der Waals surface area (Å²) in [6.07, 6.45) is 6.19. The minimum atomic E-state index is -0.297. The molecule has 0 bridgehead atoms. The maximum Gasteiger partial charge on any atom is 0.261 e. The highest BCUT2D eigenvalue weighted by molar-refractivity contribution is 6.05. The fourth-order valence-electron chi connectivity index (χ4n) is 1.24. The number of carbonyl (C=O) groups excluding carboxylic acids is 1. The first-order chi connectivity index (χ1) is 7.81. The van der Waals surface area contributed by atoms with E-state index < -0.39 is 0 Å². The summed E-state index contributed by atoms with van der Waals surface area (Å²) in [5.41, 5.74) is 0.411. The van der Waals surface area contributed by atoms with Gasteiger partial charge in [-0.1, -0.05) is 0 Å². The third-order valence-corrected chi connectivity index (χ3v) is 1.98. The molecule has 0 fully saturated rings. The minimum Gasteiger partial charge on any atom is -0.494 e. The number of H-pyrrole nitrogens is 1. The average molecular weight is 218 g/mol. The molecule has 0 unspecified atom stereocenters. The highest BCUT2D eigenvalue weighted by atomic mass is 16.5. The quantitative estimate of drug-likeness (QED) is 0.807. The molecular formula is C10H10N4O2. The van der Waals surface area contributed by atoms with Gasteiger partial charge in [0.1, 0.15) is 5.75 Å². The number of hydrogen-bond acceptors (Lipinski definition) is 4. The molecule has 16 heavy (non-hydrogen) atoms. The van der Waals surface area contributed by atoms with Gasteiger partial charge in [0.15, 0.2) is 0 Å². The molecule has 0 saturated carbocycles. The van der Waals surface area contributed by atoms with E-state index in [0.29, 0.717) is 17.3 Å². The highest BCUT2D eigenvalue weighted by Crippen LogP contribution is 2.16. The van der Waals surface area contributed by atoms with Crippen LogP contribution in [-0.4, -0.2) is 28.0 Å². The lowest BCUT2D eigenvalue weighted by Crippen LogP contribution is -2.14. The number of nitrogens with one attached hydrogen (secondary N) is 2. The number of aromatic amines is 1. The molecule has 2 heterocycles. The molecule has 6 nitrogen and oxygen atoms in total. The van der Waals surface area contributed by atoms with Gasteiger partial charge in [-0.15, -0.1) is 0 Å². The summed E-state index contributed by atoms with van der Waals surface area (Å²) < 4.78 is 5.03. The van der Waals surface area contributed by atoms with Gasteiger partial charge in [-0.05, 0) is 6.07 Å². The topological polar surface area (TPSA) is 79.9 Å². The number of pyridine rings is 1. The van der Waals surface area contributed by atoms with E-state index in [1.54, 1.807) is 18.5 Å². The van der Waals surface area contributed by atoms with Gasteiger partial charge in [-0.3, -0.25) is 15.1 Å². The van der Waals surface area contributed by atoms with Crippen molar-refractivity contribution < 1.29 is 9.53 Å². The Kier molecular flexibility index (Phi) is 2.81. The van der Waals surface area contributed by atoms with Gasteiger partial charge in [0, 0.05) is 18.6 Å². The summed E-state index contributed by atoms with van der Waals surface area (Å²) >= 11 is 0. The molecule has 0 aliphatic carbocycles. The molecule has 2 N–H and O–H groups in total. The van der Waals surface area contributed by atoms with E-state index in [9.17, 15) is 4.79 Å². The van der Waals surface area contributed by atoms with Crippen LogP contribution in [0.3, 0.4) is 0 Å². The maximum absolute atomic E-state index is 11.8. The number of ether oxygens (including phenoxy) is 1. The second-order valence-electron chi connectivity index (χ2n) is 2.97. The van der Waals surface area contributed by atoms with Crippen LogP contribution in [0, 0.1) is 0 Å². The van der Waals surface area contributed by atoms with Gasteiger partial charge in [0.2, 0.25) is 5.95 Å². The molecule has 0 atom stereocenters. The lowest BCUT2D eigenvalue weighted by Gasteiger charge is -2.06. The van der Waals surface area contributed by atoms with Crippen LogP contribution in [0.2, 0.25) is 0 Å². The number of carbonyl (C=O) groups is 1. The zero-order valence-corrected chi connectivity index (χ0v) is 8.60. The van der Waals surface area contributed by atoms with Crippen molar-refractivity contribution in [2.75, 3.05) is 12.4 Å². The van der Waals surface area contributed by atoms with Gasteiger partial charge in [0.25, 0.3) is 5.91 Å². The zero-order valence-electron chi connectivity index (χ0n) is 8.60. The average Bonchev–Trinajstić information content (AvgIpc) is 2.81. The summed E-state index contributed by atoms with van der Waals surface area (Å²) in [5, 5.41) is 2.60. The van der Waals surface area contributed by atoms with Gasteiger partial charge >= 0.3 is 0 Å². The van der Waals surface area contributed by atoms with E-state index in [1.807, 2.05) is 0 Å². The van der Waals surface area contributed by atoms with Crippen molar-refractivity contribution in [1.29, 1.82) is 0 Å². The van der Waals surface area contributed by atoms with Crippen LogP contribution in [0.15, 0.2) is 30.9 Å². The number of aromatic nitrogens is 3. The molecule has 0 aromatic carbocycles. The SMILES string of the molecule is COc1cnccc1C(=O)Nc1ncc[nH]1. The first-order valence-electron chi connectivity index (χ1n) is 4.60. The van der Waals surface area contributed by atoms with Gasteiger partial charge < -0.3 is 9.72 Å². The molecule has 6 heteroatoms. The Bertz CT molecular complexity index is 481. The molecule has 0 aliphatic rings. The molecule has 82 valence electrons. The van der Waals surface area contributed by atoms with E-state index >= 15 is 0 Å². The molecule has 0 spiro atoms. The Balaban J connectivity index is 2.21. The third-order valence-electron chi connectivity index (χ3n) is 1.98. The maximum atomic E-state index is 11.8. The Hall–Kier alpha value is -2.37. The Morgan fingerprint density at radius 1 is 1.50 bits per heavy atom. The van der Waals surface area contributed by atoms with E-state index in [4.69, 9.17) is 4.74 Å². The number of hydrogen-bond donors (Lipinski definition) is 2. The largest absolute Gasteiger partial charge is 0.494 e. The monoisotopic (exact) mass is 218 g/mol. The van der Waals surface area contributed by atoms with Gasteiger partial charge in [0.05, 0.1) is 18.9 Å². The second-order valence-corrected chi connectivity index (χ2v) is 2.97. The standard InChI is InChI=1S/C10H10N4O2/c1-16-8-6-11-3-2-7(8)9(15)14-10-12-4-5-13-10/h2-6H,1H3,(H2,12,13,14,15). The van der Waals surface area contributed by atoms with Crippen molar-refractivity contribution in [3.05, 3.63) is 36.4 Å². The fraction of sp³-hybridized carbons (Fsp3) is 0.100. The number of nitrogens with zero attached hydrogens (tertiary/aromatic N) is 2. The lowest BCUT2D eigenvalue weighted by molar-refractivity contribution is 0.102. The van der Waals surface area contributed by atoms with Crippen LogP contribution in [0.5, 0.6) is 5.75 Å². The van der Waals surface area contributed by atoms with E-state index in [2.05, 4.69) is 20.3 Å². The molecule has 1 amide bonds. The first-order valence-corrected chi connectivity index (χ1v) is 4.60. The summed E-state index contributed by atoms with van der Waals surface area (Å²) in [5.74, 6) is 0.518. The fourth-order valence-corrected chi connectivity index (χ4v) is 1.24. The Morgan fingerprint density at radius 3 is 3.06 bits per heavy atom. The van der Waals surface area contributed by atoms with Crippen molar-refractivity contribution >= 4 is 11.9 Å². The first kappa shape index (κ1) is 10.2. The van der Waals surface area contributed by atoms with Crippen LogP contribution in [-0.2, 0) is 0 Å². The molecule has 0 radical (unpaired) electrons. The molecular weight excluding hydrogens is 208 g/mol. The van der Waals surface area contributed by atoms with Crippen molar-refractivity contribution in [2.45, 2.75) is 0 Å². The summed E-state index contributed by atoms with van der Waals surface area (Å²) in [7, 11) is 1.49. The van der Waals surface area contributed by atoms with Gasteiger partial charge in [-0.2, -0.15) is 0 Å². The van der Waals surface area contributed by atoms with Crippen LogP contribution in [0.1, 0.15) is 10.4 Å². The van der Waals surface area contributed by atoms with E-state index in [-0.39, 0.29) is 5.91 Å². The van der Waals surface area contributed by atoms with Crippen molar-refractivity contribution in [3.8, 4) is 5.75 Å². The highest BCUT2D eigenvalue weighted by Gasteiger charge is 2.12.